The van der Waals surface area contributed by atoms with Gasteiger partial charge in [-0.15, -0.1) is 0 Å². The minimum absolute atomic E-state index is 0.149. The van der Waals surface area contributed by atoms with Crippen LogP contribution in [0.25, 0.3) is 0 Å². The van der Waals surface area contributed by atoms with Crippen LogP contribution in [-0.2, 0) is 34.7 Å². The number of aliphatic imine (C=N–C) groups is 1. The van der Waals surface area contributed by atoms with Gasteiger partial charge in [0.15, 0.2) is 24.1 Å². The highest BCUT2D eigenvalue weighted by Gasteiger charge is 2.58. The van der Waals surface area contributed by atoms with Gasteiger partial charge in [-0.3, -0.25) is 9.32 Å². The molecule has 15 heteroatoms. The number of amidine groups is 1. The number of esters is 1. The summed E-state index contributed by atoms with van der Waals surface area (Å²) in [5, 5.41) is 13.1. The van der Waals surface area contributed by atoms with Gasteiger partial charge in [0, 0.05) is 6.20 Å². The molecule has 0 saturated carbocycles. The van der Waals surface area contributed by atoms with E-state index in [1.807, 2.05) is 30.3 Å². The van der Waals surface area contributed by atoms with E-state index in [9.17, 15) is 18.9 Å². The first kappa shape index (κ1) is 34.5. The summed E-state index contributed by atoms with van der Waals surface area (Å²) < 4.78 is 73.4. The number of carbonyl (C=O) groups is 1. The van der Waals surface area contributed by atoms with E-state index < -0.39 is 74.4 Å². The fourth-order valence-corrected chi connectivity index (χ4v) is 6.19. The number of hydrogen-bond acceptors (Lipinski definition) is 11. The topological polar surface area (TPSA) is 154 Å². The van der Waals surface area contributed by atoms with Crippen molar-refractivity contribution in [3.8, 4) is 5.75 Å². The molecule has 1 fully saturated rings. The third-order valence-electron chi connectivity index (χ3n) is 7.19. The van der Waals surface area contributed by atoms with Gasteiger partial charge in [0.05, 0.1) is 37.4 Å². The van der Waals surface area contributed by atoms with Crippen molar-refractivity contribution in [3.63, 3.8) is 0 Å². The lowest BCUT2D eigenvalue weighted by molar-refractivity contribution is -0.149. The van der Waals surface area contributed by atoms with Crippen molar-refractivity contribution in [2.45, 2.75) is 71.3 Å². The largest absolute Gasteiger partial charge is 0.462 e. The SMILES string of the molecule is CC(C)OC(=O)[C@H](C)NP(=O)(OC[C@H]1O[C@@H](N2C=C(F)C(N)=NC2O)C(F)C1(C)COCc1ccccc1)Oc1ccccc1. The van der Waals surface area contributed by atoms with Crippen LogP contribution in [0.1, 0.15) is 33.3 Å². The summed E-state index contributed by atoms with van der Waals surface area (Å²) in [6.07, 6.45) is -5.97. The molecule has 7 atom stereocenters. The number of nitrogens with two attached hydrogens (primary N) is 1. The average Bonchev–Trinajstić information content (AvgIpc) is 3.23. The first-order chi connectivity index (χ1) is 21.3. The summed E-state index contributed by atoms with van der Waals surface area (Å²) in [7, 11) is -4.35. The number of rotatable bonds is 14. The second-order valence-corrected chi connectivity index (χ2v) is 12.9. The second-order valence-electron chi connectivity index (χ2n) is 11.2. The highest BCUT2D eigenvalue weighted by molar-refractivity contribution is 7.52. The van der Waals surface area contributed by atoms with E-state index in [0.29, 0.717) is 0 Å². The minimum atomic E-state index is -4.35. The zero-order valence-corrected chi connectivity index (χ0v) is 26.3. The zero-order valence-electron chi connectivity index (χ0n) is 25.4. The van der Waals surface area contributed by atoms with Crippen LogP contribution >= 0.6 is 7.75 Å². The van der Waals surface area contributed by atoms with E-state index >= 15 is 4.39 Å². The Labute approximate surface area is 260 Å². The van der Waals surface area contributed by atoms with Crippen LogP contribution in [0.3, 0.4) is 0 Å². The first-order valence-corrected chi connectivity index (χ1v) is 15.9. The molecule has 0 amide bonds. The number of benzene rings is 2. The van der Waals surface area contributed by atoms with Gasteiger partial charge in [-0.2, -0.15) is 5.09 Å². The number of aliphatic hydroxyl groups excluding tert-OH is 1. The molecule has 45 heavy (non-hydrogen) atoms. The molecule has 0 bridgehead atoms. The van der Waals surface area contributed by atoms with Crippen LogP contribution in [0.15, 0.2) is 77.7 Å². The third kappa shape index (κ3) is 8.66. The Kier molecular flexibility index (Phi) is 11.3. The number of nitrogens with zero attached hydrogens (tertiary/aromatic N) is 2. The van der Waals surface area contributed by atoms with Crippen molar-refractivity contribution >= 4 is 19.6 Å². The number of alkyl halides is 1. The predicted octanol–water partition coefficient (Wildman–Crippen LogP) is 4.17. The molecular formula is C30H39F2N4O8P. The second kappa shape index (κ2) is 14.8. The molecule has 0 radical (unpaired) electrons. The highest BCUT2D eigenvalue weighted by atomic mass is 31.2. The molecule has 246 valence electrons. The molecule has 2 aliphatic rings. The molecule has 2 aromatic carbocycles. The lowest BCUT2D eigenvalue weighted by atomic mass is 9.82. The van der Waals surface area contributed by atoms with Crippen LogP contribution in [0.5, 0.6) is 5.75 Å². The Hall–Kier alpha value is -3.39. The van der Waals surface area contributed by atoms with E-state index in [1.165, 1.54) is 13.8 Å². The van der Waals surface area contributed by atoms with Crippen molar-refractivity contribution in [2.24, 2.45) is 16.1 Å². The Morgan fingerprint density at radius 2 is 1.82 bits per heavy atom. The van der Waals surface area contributed by atoms with E-state index in [4.69, 9.17) is 29.0 Å². The zero-order chi connectivity index (χ0) is 32.8. The van der Waals surface area contributed by atoms with Crippen LogP contribution in [0.4, 0.5) is 8.78 Å². The van der Waals surface area contributed by atoms with Gasteiger partial charge >= 0.3 is 13.7 Å². The lowest BCUT2D eigenvalue weighted by Crippen LogP contribution is -2.48. The average molecular weight is 653 g/mol. The van der Waals surface area contributed by atoms with Crippen LogP contribution in [-0.4, -0.2) is 72.0 Å². The number of ether oxygens (including phenoxy) is 3. The normalized spacial score (nSPS) is 27.0. The molecule has 12 nitrogen and oxygen atoms in total. The molecule has 1 saturated heterocycles. The van der Waals surface area contributed by atoms with Crippen LogP contribution < -0.4 is 15.3 Å². The number of hydrogen-bond donors (Lipinski definition) is 3. The van der Waals surface area contributed by atoms with Crippen molar-refractivity contribution in [1.29, 1.82) is 0 Å². The number of para-hydroxylation sites is 1. The number of aliphatic hydroxyl groups is 1. The quantitative estimate of drug-likeness (QED) is 0.199. The molecule has 4 rings (SSSR count). The van der Waals surface area contributed by atoms with Crippen molar-refractivity contribution in [2.75, 3.05) is 13.2 Å². The van der Waals surface area contributed by atoms with Crippen LogP contribution in [0.2, 0.25) is 0 Å². The van der Waals surface area contributed by atoms with E-state index in [0.717, 1.165) is 16.7 Å². The summed E-state index contributed by atoms with van der Waals surface area (Å²) in [5.74, 6) is -2.05. The maximum Gasteiger partial charge on any atom is 0.459 e. The lowest BCUT2D eigenvalue weighted by Gasteiger charge is -2.34. The minimum Gasteiger partial charge on any atom is -0.462 e. The molecule has 2 aromatic rings. The Balaban J connectivity index is 1.58. The highest BCUT2D eigenvalue weighted by Crippen LogP contribution is 2.49. The first-order valence-electron chi connectivity index (χ1n) is 14.4. The molecule has 2 aliphatic heterocycles. The summed E-state index contributed by atoms with van der Waals surface area (Å²) in [4.78, 5) is 17.0. The smallest absolute Gasteiger partial charge is 0.459 e. The van der Waals surface area contributed by atoms with E-state index in [1.54, 1.807) is 44.2 Å². The van der Waals surface area contributed by atoms with Gasteiger partial charge in [0.1, 0.15) is 11.8 Å². The van der Waals surface area contributed by atoms with Gasteiger partial charge in [-0.1, -0.05) is 55.5 Å². The molecule has 0 aromatic heterocycles. The van der Waals surface area contributed by atoms with Gasteiger partial charge in [0.2, 0.25) is 6.35 Å². The van der Waals surface area contributed by atoms with E-state index in [2.05, 4.69) is 10.1 Å². The Bertz CT molecular complexity index is 1400. The van der Waals surface area contributed by atoms with Gasteiger partial charge in [0.25, 0.3) is 0 Å². The summed E-state index contributed by atoms with van der Waals surface area (Å²) in [6.45, 7) is 5.73. The number of nitrogens with one attached hydrogen (secondary N) is 1. The number of carbonyl (C=O) groups excluding carboxylic acids is 1. The molecule has 2 heterocycles. The molecule has 4 N–H and O–H groups in total. The molecule has 0 aliphatic carbocycles. The monoisotopic (exact) mass is 652 g/mol. The Morgan fingerprint density at radius 3 is 2.47 bits per heavy atom. The van der Waals surface area contributed by atoms with Crippen molar-refractivity contribution in [1.82, 2.24) is 9.99 Å². The van der Waals surface area contributed by atoms with E-state index in [-0.39, 0.29) is 19.0 Å². The standard InChI is InChI=1S/C30H39F2N4O8P/c1-19(2)42-28(37)20(3)35-45(39,44-22-13-9-6-10-14-22)41-17-24-30(4,18-40-16-21-11-7-5-8-12-21)25(32)27(43-24)36-15-23(31)26(33)34-29(36)38/h5-15,19-20,24-25,27,29,38H,16-18H2,1-4H3,(H2,33,34)(H,35,39)/t20-,24+,25?,27+,29?,30?,45?/m0/s1. The van der Waals surface area contributed by atoms with Crippen LogP contribution in [0, 0.1) is 5.41 Å². The van der Waals surface area contributed by atoms with Gasteiger partial charge in [-0.05, 0) is 38.5 Å². The Morgan fingerprint density at radius 1 is 1.18 bits per heavy atom. The molecule has 4 unspecified atom stereocenters. The van der Waals surface area contributed by atoms with Gasteiger partial charge in [-0.25, -0.2) is 18.3 Å². The van der Waals surface area contributed by atoms with Crippen molar-refractivity contribution in [3.05, 3.63) is 78.3 Å². The van der Waals surface area contributed by atoms with Gasteiger partial charge < -0.3 is 34.5 Å². The fourth-order valence-electron chi connectivity index (χ4n) is 4.70. The molecule has 0 spiro atoms. The maximum atomic E-state index is 16.4. The fraction of sp³-hybridized carbons (Fsp3) is 0.467. The predicted molar refractivity (Wildman–Crippen MR) is 161 cm³/mol. The number of halogens is 2. The summed E-state index contributed by atoms with van der Waals surface area (Å²) >= 11 is 0. The maximum absolute atomic E-state index is 16.4. The summed E-state index contributed by atoms with van der Waals surface area (Å²) in [6, 6.07) is 16.2. The third-order valence-corrected chi connectivity index (χ3v) is 8.83. The molecular weight excluding hydrogens is 613 g/mol. The van der Waals surface area contributed by atoms with Crippen molar-refractivity contribution < 1.29 is 46.5 Å². The summed E-state index contributed by atoms with van der Waals surface area (Å²) in [5.41, 5.74) is 4.84.